The van der Waals surface area contributed by atoms with Gasteiger partial charge in [0.25, 0.3) is 0 Å². The monoisotopic (exact) mass is 276 g/mol. The van der Waals surface area contributed by atoms with E-state index in [1.807, 2.05) is 32.0 Å². The van der Waals surface area contributed by atoms with Gasteiger partial charge in [-0.2, -0.15) is 0 Å². The number of nitrogens with two attached hydrogens (primary N) is 1. The zero-order valence-electron chi connectivity index (χ0n) is 12.9. The molecule has 0 aliphatic heterocycles. The highest BCUT2D eigenvalue weighted by molar-refractivity contribution is 5.80. The standard InChI is InChI=1S/C17H28N2O/c1-4-5-7-12-15(14-10-8-6-9-11-14)19-16(13(2)3)17(18)20/h6,8-11,13,15-16,19H,4-5,7,12H2,1-3H3,(H2,18,20). The summed E-state index contributed by atoms with van der Waals surface area (Å²) < 4.78 is 0. The number of nitrogens with one attached hydrogen (secondary N) is 1. The Hall–Kier alpha value is -1.35. The molecule has 20 heavy (non-hydrogen) atoms. The number of hydrogen-bond acceptors (Lipinski definition) is 2. The van der Waals surface area contributed by atoms with Crippen molar-refractivity contribution in [2.45, 2.75) is 58.5 Å². The van der Waals surface area contributed by atoms with Crippen LogP contribution in [0.1, 0.15) is 58.1 Å². The Kier molecular flexibility index (Phi) is 7.31. The van der Waals surface area contributed by atoms with Gasteiger partial charge in [-0.1, -0.05) is 70.4 Å². The van der Waals surface area contributed by atoms with Crippen LogP contribution in [0.15, 0.2) is 30.3 Å². The molecule has 2 atom stereocenters. The van der Waals surface area contributed by atoms with Gasteiger partial charge in [-0.15, -0.1) is 0 Å². The van der Waals surface area contributed by atoms with Crippen molar-refractivity contribution in [3.05, 3.63) is 35.9 Å². The minimum absolute atomic E-state index is 0.197. The third-order valence-electron chi connectivity index (χ3n) is 3.65. The third-order valence-corrected chi connectivity index (χ3v) is 3.65. The van der Waals surface area contributed by atoms with Gasteiger partial charge in [-0.25, -0.2) is 0 Å². The summed E-state index contributed by atoms with van der Waals surface area (Å²) in [6, 6.07) is 10.2. The lowest BCUT2D eigenvalue weighted by Gasteiger charge is -2.26. The lowest BCUT2D eigenvalue weighted by Crippen LogP contribution is -2.46. The maximum absolute atomic E-state index is 11.6. The normalized spacial score (nSPS) is 14.2. The molecule has 0 radical (unpaired) electrons. The van der Waals surface area contributed by atoms with Crippen LogP contribution in [-0.4, -0.2) is 11.9 Å². The molecule has 0 spiro atoms. The average molecular weight is 276 g/mol. The number of benzene rings is 1. The highest BCUT2D eigenvalue weighted by atomic mass is 16.1. The van der Waals surface area contributed by atoms with Crippen molar-refractivity contribution in [3.63, 3.8) is 0 Å². The van der Waals surface area contributed by atoms with Crippen LogP contribution in [0.3, 0.4) is 0 Å². The van der Waals surface area contributed by atoms with Crippen molar-refractivity contribution in [3.8, 4) is 0 Å². The Labute approximate surface area is 122 Å². The molecular weight excluding hydrogens is 248 g/mol. The van der Waals surface area contributed by atoms with E-state index in [2.05, 4.69) is 24.4 Å². The second-order valence-corrected chi connectivity index (χ2v) is 5.75. The van der Waals surface area contributed by atoms with Crippen LogP contribution in [0.2, 0.25) is 0 Å². The van der Waals surface area contributed by atoms with E-state index < -0.39 is 0 Å². The van der Waals surface area contributed by atoms with Crippen molar-refractivity contribution in [2.75, 3.05) is 0 Å². The first kappa shape index (κ1) is 16.7. The molecule has 0 saturated carbocycles. The Balaban J connectivity index is 2.79. The molecule has 3 heteroatoms. The number of rotatable bonds is 9. The summed E-state index contributed by atoms with van der Waals surface area (Å²) in [7, 11) is 0. The molecule has 1 aromatic rings. The van der Waals surface area contributed by atoms with E-state index in [1.165, 1.54) is 18.4 Å². The van der Waals surface area contributed by atoms with Gasteiger partial charge in [0, 0.05) is 6.04 Å². The van der Waals surface area contributed by atoms with E-state index in [-0.39, 0.29) is 23.9 Å². The number of amides is 1. The van der Waals surface area contributed by atoms with Crippen molar-refractivity contribution >= 4 is 5.91 Å². The zero-order chi connectivity index (χ0) is 15.0. The van der Waals surface area contributed by atoms with Gasteiger partial charge in [-0.05, 0) is 17.9 Å². The summed E-state index contributed by atoms with van der Waals surface area (Å²) in [5, 5.41) is 3.45. The summed E-state index contributed by atoms with van der Waals surface area (Å²) in [4.78, 5) is 11.6. The van der Waals surface area contributed by atoms with Gasteiger partial charge in [0.05, 0.1) is 6.04 Å². The van der Waals surface area contributed by atoms with Crippen LogP contribution >= 0.6 is 0 Å². The predicted molar refractivity (Wildman–Crippen MR) is 84.3 cm³/mol. The number of carbonyl (C=O) groups is 1. The first-order chi connectivity index (χ1) is 9.56. The predicted octanol–water partition coefficient (Wildman–Crippen LogP) is 3.41. The first-order valence-electron chi connectivity index (χ1n) is 7.66. The van der Waals surface area contributed by atoms with E-state index in [1.54, 1.807) is 0 Å². The van der Waals surface area contributed by atoms with Crippen LogP contribution in [0.5, 0.6) is 0 Å². The quantitative estimate of drug-likeness (QED) is 0.679. The van der Waals surface area contributed by atoms with Gasteiger partial charge in [0.1, 0.15) is 0 Å². The molecule has 0 saturated heterocycles. The SMILES string of the molecule is CCCCCC(NC(C(N)=O)C(C)C)c1ccccc1. The van der Waals surface area contributed by atoms with E-state index in [0.29, 0.717) is 0 Å². The van der Waals surface area contributed by atoms with Crippen molar-refractivity contribution in [2.24, 2.45) is 11.7 Å². The number of unbranched alkanes of at least 4 members (excludes halogenated alkanes) is 2. The van der Waals surface area contributed by atoms with Crippen LogP contribution in [0.4, 0.5) is 0 Å². The highest BCUT2D eigenvalue weighted by Gasteiger charge is 2.23. The maximum atomic E-state index is 11.6. The van der Waals surface area contributed by atoms with Crippen LogP contribution < -0.4 is 11.1 Å². The molecule has 1 amide bonds. The molecular formula is C17H28N2O. The summed E-state index contributed by atoms with van der Waals surface area (Å²) in [5.74, 6) is -0.0682. The van der Waals surface area contributed by atoms with Crippen molar-refractivity contribution in [1.82, 2.24) is 5.32 Å². The molecule has 1 rings (SSSR count). The molecule has 112 valence electrons. The summed E-state index contributed by atoms with van der Waals surface area (Å²) >= 11 is 0. The number of primary amides is 1. The molecule has 1 aromatic carbocycles. The van der Waals surface area contributed by atoms with E-state index in [0.717, 1.165) is 12.8 Å². The highest BCUT2D eigenvalue weighted by Crippen LogP contribution is 2.21. The largest absolute Gasteiger partial charge is 0.368 e. The molecule has 0 aliphatic carbocycles. The minimum Gasteiger partial charge on any atom is -0.368 e. The second-order valence-electron chi connectivity index (χ2n) is 5.75. The summed E-state index contributed by atoms with van der Waals surface area (Å²) in [6.07, 6.45) is 4.61. The fraction of sp³-hybridized carbons (Fsp3) is 0.588. The number of hydrogen-bond donors (Lipinski definition) is 2. The van der Waals surface area contributed by atoms with Crippen LogP contribution in [0, 0.1) is 5.92 Å². The Morgan fingerprint density at radius 2 is 1.85 bits per heavy atom. The average Bonchev–Trinajstić information content (AvgIpc) is 2.42. The molecule has 3 N–H and O–H groups in total. The van der Waals surface area contributed by atoms with E-state index >= 15 is 0 Å². The fourth-order valence-electron chi connectivity index (χ4n) is 2.45. The fourth-order valence-corrected chi connectivity index (χ4v) is 2.45. The minimum atomic E-state index is -0.276. The smallest absolute Gasteiger partial charge is 0.234 e. The molecule has 0 aromatic heterocycles. The molecule has 0 aliphatic rings. The molecule has 0 bridgehead atoms. The maximum Gasteiger partial charge on any atom is 0.234 e. The van der Waals surface area contributed by atoms with E-state index in [4.69, 9.17) is 5.73 Å². The van der Waals surface area contributed by atoms with Gasteiger partial charge < -0.3 is 5.73 Å². The van der Waals surface area contributed by atoms with Crippen molar-refractivity contribution < 1.29 is 4.79 Å². The van der Waals surface area contributed by atoms with Gasteiger partial charge in [0.15, 0.2) is 0 Å². The van der Waals surface area contributed by atoms with Crippen LogP contribution in [-0.2, 0) is 4.79 Å². The van der Waals surface area contributed by atoms with Crippen LogP contribution in [0.25, 0.3) is 0 Å². The van der Waals surface area contributed by atoms with Gasteiger partial charge >= 0.3 is 0 Å². The molecule has 0 fully saturated rings. The Bertz CT molecular complexity index is 389. The lowest BCUT2D eigenvalue weighted by molar-refractivity contribution is -0.121. The Morgan fingerprint density at radius 1 is 1.20 bits per heavy atom. The zero-order valence-corrected chi connectivity index (χ0v) is 12.9. The van der Waals surface area contributed by atoms with E-state index in [9.17, 15) is 4.79 Å². The van der Waals surface area contributed by atoms with Crippen molar-refractivity contribution in [1.29, 1.82) is 0 Å². The topological polar surface area (TPSA) is 55.1 Å². The summed E-state index contributed by atoms with van der Waals surface area (Å²) in [5.41, 5.74) is 6.75. The third kappa shape index (κ3) is 5.33. The molecule has 2 unspecified atom stereocenters. The Morgan fingerprint density at radius 3 is 2.35 bits per heavy atom. The van der Waals surface area contributed by atoms with Gasteiger partial charge in [-0.3, -0.25) is 10.1 Å². The molecule has 0 heterocycles. The lowest BCUT2D eigenvalue weighted by atomic mass is 9.96. The van der Waals surface area contributed by atoms with Gasteiger partial charge in [0.2, 0.25) is 5.91 Å². The second kappa shape index (κ2) is 8.75. The summed E-state index contributed by atoms with van der Waals surface area (Å²) in [6.45, 7) is 6.25. The first-order valence-corrected chi connectivity index (χ1v) is 7.66. The number of carbonyl (C=O) groups excluding carboxylic acids is 1. The molecule has 3 nitrogen and oxygen atoms in total.